The number of fused-ring (bicyclic) bond motifs is 5. The molecule has 4 aliphatic rings. The van der Waals surface area contributed by atoms with E-state index in [9.17, 15) is 4.79 Å². The van der Waals surface area contributed by atoms with Gasteiger partial charge < -0.3 is 9.47 Å². The van der Waals surface area contributed by atoms with Crippen LogP contribution in [0, 0.1) is 45.3 Å². The molecule has 7 atom stereocenters. The van der Waals surface area contributed by atoms with Crippen LogP contribution in [0.25, 0.3) is 6.08 Å². The third-order valence-electron chi connectivity index (χ3n) is 13.3. The number of rotatable bonds is 6. The van der Waals surface area contributed by atoms with Gasteiger partial charge in [-0.25, -0.2) is 0 Å². The molecular formula is C39H56O3. The topological polar surface area (TPSA) is 35.5 Å². The van der Waals surface area contributed by atoms with Crippen LogP contribution in [-0.2, 0) is 4.79 Å². The summed E-state index contributed by atoms with van der Waals surface area (Å²) < 4.78 is 11.4. The van der Waals surface area contributed by atoms with Gasteiger partial charge in [-0.05, 0) is 130 Å². The lowest BCUT2D eigenvalue weighted by atomic mass is 9.35. The lowest BCUT2D eigenvalue weighted by molar-refractivity contribution is -0.195. The number of ether oxygens (including phenoxy) is 2. The second kappa shape index (κ2) is 11.0. The normalized spacial score (nSPS) is 38.4. The minimum atomic E-state index is -0.382. The van der Waals surface area contributed by atoms with Crippen LogP contribution in [-0.4, -0.2) is 20.0 Å². The maximum atomic E-state index is 14.2. The van der Waals surface area contributed by atoms with E-state index in [4.69, 9.17) is 9.47 Å². The van der Waals surface area contributed by atoms with Crippen molar-refractivity contribution in [3.8, 4) is 11.5 Å². The number of hydrogen-bond acceptors (Lipinski definition) is 3. The zero-order chi connectivity index (χ0) is 30.7. The summed E-state index contributed by atoms with van der Waals surface area (Å²) in [7, 11) is 3.35. The highest BCUT2D eigenvalue weighted by Crippen LogP contribution is 2.75. The number of para-hydroxylation sites is 1. The number of hydrogen-bond donors (Lipinski definition) is 0. The second-order valence-electron chi connectivity index (χ2n) is 15.8. The van der Waals surface area contributed by atoms with Crippen molar-refractivity contribution in [1.29, 1.82) is 0 Å². The fourth-order valence-corrected chi connectivity index (χ4v) is 11.1. The van der Waals surface area contributed by atoms with E-state index in [1.54, 1.807) is 19.8 Å². The minimum Gasteiger partial charge on any atom is -0.493 e. The molecule has 230 valence electrons. The first-order valence-electron chi connectivity index (χ1n) is 16.5. The fourth-order valence-electron chi connectivity index (χ4n) is 11.1. The van der Waals surface area contributed by atoms with Gasteiger partial charge in [0.05, 0.1) is 14.2 Å². The summed E-state index contributed by atoms with van der Waals surface area (Å²) in [6, 6.07) is 5.96. The van der Waals surface area contributed by atoms with Gasteiger partial charge in [0, 0.05) is 11.0 Å². The van der Waals surface area contributed by atoms with Crippen molar-refractivity contribution in [3.05, 3.63) is 52.6 Å². The molecule has 0 saturated heterocycles. The van der Waals surface area contributed by atoms with Crippen molar-refractivity contribution in [3.63, 3.8) is 0 Å². The molecule has 0 aliphatic heterocycles. The van der Waals surface area contributed by atoms with Crippen LogP contribution in [0.5, 0.6) is 11.5 Å². The van der Waals surface area contributed by atoms with Gasteiger partial charge in [0.1, 0.15) is 0 Å². The molecule has 0 spiro atoms. The van der Waals surface area contributed by atoms with E-state index in [-0.39, 0.29) is 16.2 Å². The van der Waals surface area contributed by atoms with E-state index in [0.717, 1.165) is 36.3 Å². The van der Waals surface area contributed by atoms with Gasteiger partial charge >= 0.3 is 0 Å². The number of allylic oxidation sites excluding steroid dienone is 5. The summed E-state index contributed by atoms with van der Waals surface area (Å²) in [4.78, 5) is 14.2. The molecule has 4 saturated carbocycles. The van der Waals surface area contributed by atoms with Crippen molar-refractivity contribution in [1.82, 2.24) is 0 Å². The van der Waals surface area contributed by atoms with Crippen LogP contribution >= 0.6 is 0 Å². The summed E-state index contributed by atoms with van der Waals surface area (Å²) in [5.74, 6) is 4.22. The highest BCUT2D eigenvalue weighted by Gasteiger charge is 2.69. The predicted molar refractivity (Wildman–Crippen MR) is 175 cm³/mol. The molecule has 0 bridgehead atoms. The van der Waals surface area contributed by atoms with Crippen molar-refractivity contribution in [2.75, 3.05) is 14.2 Å². The standard InChI is InChI=1S/C39H56O3/c1-25(2)13-11-14-26(3)29-19-21-38(7)30(29)17-18-33-37(6)24-28(23-27-15-12-16-31(41-9)34(27)42-10)35(40)36(4,5)32(37)20-22-39(33,38)8/h12-16,23,29-30,32-33H,11,17-22,24H2,1-10H3/b26-14-,28-23-/t29-,30-,32+,33-,37+,38-,39-/m1/s1. The molecule has 42 heavy (non-hydrogen) atoms. The van der Waals surface area contributed by atoms with Gasteiger partial charge in [0.2, 0.25) is 0 Å². The number of Topliss-reactive ketones (excluding diaryl/α,β-unsaturated/α-hetero) is 1. The number of carbonyl (C=O) groups excluding carboxylic acids is 1. The average Bonchev–Trinajstić information content (AvgIpc) is 3.29. The minimum absolute atomic E-state index is 0.0861. The molecule has 1 aromatic rings. The van der Waals surface area contributed by atoms with Gasteiger partial charge in [-0.2, -0.15) is 0 Å². The van der Waals surface area contributed by atoms with Crippen molar-refractivity contribution in [2.45, 2.75) is 107 Å². The maximum Gasteiger partial charge on any atom is 0.167 e. The molecule has 4 fully saturated rings. The van der Waals surface area contributed by atoms with Gasteiger partial charge in [-0.1, -0.05) is 70.0 Å². The van der Waals surface area contributed by atoms with E-state index >= 15 is 0 Å². The second-order valence-corrected chi connectivity index (χ2v) is 15.8. The van der Waals surface area contributed by atoms with Gasteiger partial charge in [-0.15, -0.1) is 0 Å². The zero-order valence-electron chi connectivity index (χ0n) is 28.2. The van der Waals surface area contributed by atoms with E-state index in [2.05, 4.69) is 73.6 Å². The molecule has 0 amide bonds. The van der Waals surface area contributed by atoms with Crippen molar-refractivity contribution in [2.24, 2.45) is 45.3 Å². The molecule has 3 nitrogen and oxygen atoms in total. The smallest absolute Gasteiger partial charge is 0.167 e. The summed E-state index contributed by atoms with van der Waals surface area (Å²) in [6.45, 7) is 19.1. The molecule has 0 unspecified atom stereocenters. The van der Waals surface area contributed by atoms with Gasteiger partial charge in [0.15, 0.2) is 17.3 Å². The Kier molecular flexibility index (Phi) is 8.16. The van der Waals surface area contributed by atoms with Crippen molar-refractivity contribution >= 4 is 11.9 Å². The Morgan fingerprint density at radius 1 is 0.881 bits per heavy atom. The number of benzene rings is 1. The van der Waals surface area contributed by atoms with E-state index in [0.29, 0.717) is 40.5 Å². The van der Waals surface area contributed by atoms with Crippen LogP contribution in [0.1, 0.15) is 112 Å². The molecule has 4 aliphatic carbocycles. The number of carbonyl (C=O) groups is 1. The average molecular weight is 573 g/mol. The SMILES string of the molecule is COc1cccc(/C=C2/C[C@]3(C)[C@H]4CC[C@@H]5[C@@H](/C(C)=C\CC=C(C)C)CC[C@@]5(C)[C@]4(C)CC[C@H]3C(C)(C)C2=O)c1OC. The third kappa shape index (κ3) is 4.63. The molecular weight excluding hydrogens is 516 g/mol. The van der Waals surface area contributed by atoms with Crippen LogP contribution in [0.3, 0.4) is 0 Å². The lowest BCUT2D eigenvalue weighted by Gasteiger charge is -2.69. The Balaban J connectivity index is 1.51. The Morgan fingerprint density at radius 2 is 1.60 bits per heavy atom. The third-order valence-corrected chi connectivity index (χ3v) is 13.3. The summed E-state index contributed by atoms with van der Waals surface area (Å²) in [5, 5.41) is 0. The van der Waals surface area contributed by atoms with Gasteiger partial charge in [-0.3, -0.25) is 4.79 Å². The lowest BCUT2D eigenvalue weighted by Crippen LogP contribution is -2.63. The number of methoxy groups -OCH3 is 2. The highest BCUT2D eigenvalue weighted by molar-refractivity contribution is 6.04. The first-order valence-corrected chi connectivity index (χ1v) is 16.5. The molecule has 3 heteroatoms. The maximum absolute atomic E-state index is 14.2. The molecule has 5 rings (SSSR count). The Hall–Kier alpha value is -2.29. The summed E-state index contributed by atoms with van der Waals surface area (Å²) in [6.07, 6.45) is 16.6. The largest absolute Gasteiger partial charge is 0.493 e. The summed E-state index contributed by atoms with van der Waals surface area (Å²) >= 11 is 0. The van der Waals surface area contributed by atoms with Crippen LogP contribution < -0.4 is 9.47 Å². The van der Waals surface area contributed by atoms with Crippen LogP contribution in [0.4, 0.5) is 0 Å². The molecule has 0 N–H and O–H groups in total. The van der Waals surface area contributed by atoms with E-state index in [1.165, 1.54) is 37.7 Å². The Bertz CT molecular complexity index is 1310. The number of ketones is 1. The molecule has 1 aromatic carbocycles. The summed E-state index contributed by atoms with van der Waals surface area (Å²) in [5.41, 5.74) is 5.24. The van der Waals surface area contributed by atoms with Gasteiger partial charge in [0.25, 0.3) is 0 Å². The molecule has 0 heterocycles. The van der Waals surface area contributed by atoms with E-state index < -0.39 is 0 Å². The van der Waals surface area contributed by atoms with Crippen LogP contribution in [0.2, 0.25) is 0 Å². The molecule has 0 radical (unpaired) electrons. The quantitative estimate of drug-likeness (QED) is 0.251. The Morgan fingerprint density at radius 3 is 2.26 bits per heavy atom. The highest BCUT2D eigenvalue weighted by atomic mass is 16.5. The monoisotopic (exact) mass is 572 g/mol. The zero-order valence-corrected chi connectivity index (χ0v) is 28.2. The van der Waals surface area contributed by atoms with Crippen LogP contribution in [0.15, 0.2) is 47.1 Å². The van der Waals surface area contributed by atoms with E-state index in [1.807, 2.05) is 18.2 Å². The predicted octanol–water partition coefficient (Wildman–Crippen LogP) is 10.3. The van der Waals surface area contributed by atoms with Crippen molar-refractivity contribution < 1.29 is 14.3 Å². The Labute approximate surface area is 256 Å². The first-order chi connectivity index (χ1) is 19.7. The molecule has 0 aromatic heterocycles. The fraction of sp³-hybridized carbons (Fsp3) is 0.667. The first kappa shape index (κ1) is 31.1.